The fourth-order valence-electron chi connectivity index (χ4n) is 0. The van der Waals surface area contributed by atoms with E-state index in [-0.39, 0.29) is 97.8 Å². The molecule has 0 aromatic rings. The topological polar surface area (TPSA) is 114 Å². The Morgan fingerprint density at radius 1 is 0.571 bits per heavy atom. The first-order valence-corrected chi connectivity index (χ1v) is 0. The van der Waals surface area contributed by atoms with Crippen LogP contribution in [0.5, 0.6) is 0 Å². The fraction of sp³-hybridized carbons (Fsp3) is 0. The van der Waals surface area contributed by atoms with E-state index in [2.05, 4.69) is 0 Å². The zero-order valence-electron chi connectivity index (χ0n) is 3.04. The Morgan fingerprint density at radius 2 is 0.571 bits per heavy atom. The fourth-order valence-corrected chi connectivity index (χ4v) is 0. The third-order valence-corrected chi connectivity index (χ3v) is 0. The summed E-state index contributed by atoms with van der Waals surface area (Å²) in [6, 6.07) is 0. The van der Waals surface area contributed by atoms with Crippen molar-refractivity contribution in [3.63, 3.8) is 0 Å². The minimum Gasteiger partial charge on any atom is -2.00 e. The second kappa shape index (κ2) is 85.4. The Hall–Kier alpha value is 2.26. The summed E-state index contributed by atoms with van der Waals surface area (Å²) in [4.78, 5) is 0. The molecular weight excluding hydrogens is 290 g/mol. The van der Waals surface area contributed by atoms with Crippen molar-refractivity contribution < 1.29 is 80.4 Å². The standard InChI is InChI=1S/Al.Ce.Co.4O/q2*+3;+2;4*-2. The van der Waals surface area contributed by atoms with Crippen LogP contribution >= 0.6 is 0 Å². The van der Waals surface area contributed by atoms with E-state index < -0.39 is 0 Å². The molecule has 0 heterocycles. The molecule has 0 spiro atoms. The van der Waals surface area contributed by atoms with E-state index in [1.165, 1.54) is 0 Å². The molecule has 0 aliphatic heterocycles. The van der Waals surface area contributed by atoms with Gasteiger partial charge in [-0.3, -0.25) is 0 Å². The quantitative estimate of drug-likeness (QED) is 0.517. The Morgan fingerprint density at radius 3 is 0.571 bits per heavy atom. The van der Waals surface area contributed by atoms with Gasteiger partial charge >= 0.3 is 75.9 Å². The van der Waals surface area contributed by atoms with E-state index in [0.717, 1.165) is 0 Å². The van der Waals surface area contributed by atoms with Crippen LogP contribution in [0.1, 0.15) is 0 Å². The van der Waals surface area contributed by atoms with Crippen LogP contribution in [0, 0.1) is 41.7 Å². The molecule has 7 heteroatoms. The van der Waals surface area contributed by atoms with E-state index in [1.807, 2.05) is 0 Å². The van der Waals surface area contributed by atoms with Crippen LogP contribution in [0.15, 0.2) is 0 Å². The largest absolute Gasteiger partial charge is 3.00 e. The van der Waals surface area contributed by atoms with Crippen LogP contribution in [0.2, 0.25) is 0 Å². The Labute approximate surface area is 96.4 Å². The zero-order valence-corrected chi connectivity index (χ0v) is 8.38. The van der Waals surface area contributed by atoms with Crippen LogP contribution in [-0.4, -0.2) is 17.4 Å². The predicted molar refractivity (Wildman–Crippen MR) is 8.50 cm³/mol. The molecule has 7 heavy (non-hydrogen) atoms. The summed E-state index contributed by atoms with van der Waals surface area (Å²) in [7, 11) is 0. The number of hydrogen-bond donors (Lipinski definition) is 0. The molecule has 2 radical (unpaired) electrons. The van der Waals surface area contributed by atoms with Crippen LogP contribution in [0.4, 0.5) is 0 Å². The van der Waals surface area contributed by atoms with Gasteiger partial charge < -0.3 is 21.9 Å². The second-order valence-electron chi connectivity index (χ2n) is 0. The first-order valence-electron chi connectivity index (χ1n) is 0. The van der Waals surface area contributed by atoms with Gasteiger partial charge in [0.25, 0.3) is 0 Å². The summed E-state index contributed by atoms with van der Waals surface area (Å²) in [6.07, 6.45) is 0. The van der Waals surface area contributed by atoms with Crippen molar-refractivity contribution >= 4 is 17.4 Å². The molecule has 40 valence electrons. The summed E-state index contributed by atoms with van der Waals surface area (Å²) in [5, 5.41) is 0. The summed E-state index contributed by atoms with van der Waals surface area (Å²) < 4.78 is 0. The average Bonchev–Trinajstić information content (AvgIpc) is 0. The first kappa shape index (κ1) is 124. The predicted octanol–water partition coefficient (Wildman–Crippen LogP) is -0.859. The zero-order chi connectivity index (χ0) is 0. The molecule has 0 amide bonds. The van der Waals surface area contributed by atoms with Gasteiger partial charge in [0.2, 0.25) is 0 Å². The molecular formula is AlCeCoO4. The van der Waals surface area contributed by atoms with Crippen molar-refractivity contribution in [2.75, 3.05) is 0 Å². The first-order chi connectivity index (χ1) is 0. The molecule has 0 aromatic carbocycles. The van der Waals surface area contributed by atoms with E-state index in [1.54, 1.807) is 0 Å². The summed E-state index contributed by atoms with van der Waals surface area (Å²) >= 11 is 0. The van der Waals surface area contributed by atoms with Crippen molar-refractivity contribution in [1.29, 1.82) is 0 Å². The third kappa shape index (κ3) is 63.5. The minimum atomic E-state index is 0. The molecule has 0 saturated heterocycles. The van der Waals surface area contributed by atoms with E-state index in [9.17, 15) is 0 Å². The molecule has 0 rings (SSSR count). The van der Waals surface area contributed by atoms with Gasteiger partial charge in [0, 0.05) is 0 Å². The van der Waals surface area contributed by atoms with Crippen LogP contribution in [-0.2, 0) is 38.7 Å². The molecule has 0 aliphatic rings. The van der Waals surface area contributed by atoms with Gasteiger partial charge in [-0.05, 0) is 0 Å². The second-order valence-corrected chi connectivity index (χ2v) is 0. The van der Waals surface area contributed by atoms with Gasteiger partial charge in [0.15, 0.2) is 0 Å². The SMILES string of the molecule is [Al+3].[Ce+3].[Co+2].[O-2].[O-2].[O-2].[O-2]. The maximum Gasteiger partial charge on any atom is 3.00 e. The van der Waals surface area contributed by atoms with Crippen LogP contribution in [0.25, 0.3) is 0 Å². The van der Waals surface area contributed by atoms with Gasteiger partial charge in [-0.25, -0.2) is 0 Å². The van der Waals surface area contributed by atoms with Crippen molar-refractivity contribution in [2.24, 2.45) is 0 Å². The number of rotatable bonds is 0. The molecule has 0 aromatic heterocycles. The molecule has 0 aliphatic carbocycles. The summed E-state index contributed by atoms with van der Waals surface area (Å²) in [6.45, 7) is 0. The van der Waals surface area contributed by atoms with Crippen LogP contribution in [0.3, 0.4) is 0 Å². The van der Waals surface area contributed by atoms with Gasteiger partial charge in [0.1, 0.15) is 0 Å². The Balaban J connectivity index is 0. The van der Waals surface area contributed by atoms with Crippen molar-refractivity contribution in [3.05, 3.63) is 0 Å². The number of hydrogen-bond acceptors (Lipinski definition) is 0. The monoisotopic (exact) mass is 290 g/mol. The smallest absolute Gasteiger partial charge is 2.00 e. The molecule has 0 atom stereocenters. The van der Waals surface area contributed by atoms with Crippen molar-refractivity contribution in [3.8, 4) is 0 Å². The maximum atomic E-state index is 0. The van der Waals surface area contributed by atoms with Gasteiger partial charge in [-0.1, -0.05) is 0 Å². The molecule has 4 nitrogen and oxygen atoms in total. The molecule has 0 bridgehead atoms. The summed E-state index contributed by atoms with van der Waals surface area (Å²) in [5.41, 5.74) is 0. The normalized spacial score (nSPS) is 0. The molecule has 0 saturated carbocycles. The maximum absolute atomic E-state index is 0. The van der Waals surface area contributed by atoms with Gasteiger partial charge in [-0.15, -0.1) is 0 Å². The van der Waals surface area contributed by atoms with Crippen molar-refractivity contribution in [1.82, 2.24) is 0 Å². The molecule has 0 N–H and O–H groups in total. The van der Waals surface area contributed by atoms with Crippen LogP contribution < -0.4 is 0 Å². The Kier molecular flexibility index (Phi) is 1510. The summed E-state index contributed by atoms with van der Waals surface area (Å²) in [5.74, 6) is 0. The Bertz CT molecular complexity index is 11.7. The van der Waals surface area contributed by atoms with Gasteiger partial charge in [0.05, 0.1) is 0 Å². The van der Waals surface area contributed by atoms with E-state index in [0.29, 0.717) is 0 Å². The van der Waals surface area contributed by atoms with Gasteiger partial charge in [-0.2, -0.15) is 0 Å². The average molecular weight is 290 g/mol. The molecule has 0 fully saturated rings. The third-order valence-electron chi connectivity index (χ3n) is 0. The molecule has 0 unspecified atom stereocenters. The van der Waals surface area contributed by atoms with E-state index in [4.69, 9.17) is 0 Å². The minimum absolute atomic E-state index is 0. The van der Waals surface area contributed by atoms with E-state index >= 15 is 0 Å². The van der Waals surface area contributed by atoms with Crippen molar-refractivity contribution in [2.45, 2.75) is 0 Å².